The third-order valence-electron chi connectivity index (χ3n) is 5.17. The summed E-state index contributed by atoms with van der Waals surface area (Å²) in [4.78, 5) is 17.2. The van der Waals surface area contributed by atoms with E-state index in [-0.39, 0.29) is 18.0 Å². The van der Waals surface area contributed by atoms with Crippen molar-refractivity contribution in [2.24, 2.45) is 11.7 Å². The van der Waals surface area contributed by atoms with Crippen LogP contribution < -0.4 is 15.5 Å². The summed E-state index contributed by atoms with van der Waals surface area (Å²) in [6.07, 6.45) is 3.66. The highest BCUT2D eigenvalue weighted by molar-refractivity contribution is 5.96. The molecule has 1 amide bonds. The number of benzene rings is 1. The maximum Gasteiger partial charge on any atom is 0.351 e. The molecule has 3 N–H and O–H groups in total. The standard InChI is InChI=1S/C16H19N3O2/c1-21-10-3-5-11-9(8-10)2-4-12-13-6-7-14(20)19(13)16(17)18-15(11)12/h3,5,8,12-13,15H,2,4,6-7H2,1H3,(H2,17,18)/p+1. The monoisotopic (exact) mass is 286 g/mol. The van der Waals surface area contributed by atoms with E-state index >= 15 is 0 Å². The molecule has 0 bridgehead atoms. The van der Waals surface area contributed by atoms with Gasteiger partial charge in [0.25, 0.3) is 5.91 Å². The Morgan fingerprint density at radius 2 is 2.19 bits per heavy atom. The number of guanidine groups is 1. The molecule has 0 saturated carbocycles. The van der Waals surface area contributed by atoms with E-state index in [1.54, 1.807) is 12.0 Å². The molecule has 110 valence electrons. The molecule has 21 heavy (non-hydrogen) atoms. The maximum absolute atomic E-state index is 12.0. The minimum absolute atomic E-state index is 0.156. The van der Waals surface area contributed by atoms with Crippen molar-refractivity contribution in [3.05, 3.63) is 29.3 Å². The zero-order valence-corrected chi connectivity index (χ0v) is 12.1. The van der Waals surface area contributed by atoms with E-state index in [1.807, 2.05) is 6.07 Å². The van der Waals surface area contributed by atoms with Gasteiger partial charge in [-0.1, -0.05) is 6.07 Å². The van der Waals surface area contributed by atoms with E-state index in [1.165, 1.54) is 11.1 Å². The Bertz CT molecular complexity index is 640. The van der Waals surface area contributed by atoms with Gasteiger partial charge in [-0.05, 0) is 42.5 Å². The van der Waals surface area contributed by atoms with Gasteiger partial charge in [-0.25, -0.2) is 0 Å². The lowest BCUT2D eigenvalue weighted by Crippen LogP contribution is -2.86. The molecule has 4 rings (SSSR count). The molecule has 2 aliphatic heterocycles. The molecule has 1 aromatic rings. The number of fused-ring (bicyclic) bond motifs is 5. The van der Waals surface area contributed by atoms with E-state index in [0.717, 1.165) is 25.0 Å². The van der Waals surface area contributed by atoms with Gasteiger partial charge < -0.3 is 4.74 Å². The predicted octanol–water partition coefficient (Wildman–Crippen LogP) is -0.301. The molecule has 5 nitrogen and oxygen atoms in total. The molecule has 0 radical (unpaired) electrons. The first-order valence-corrected chi connectivity index (χ1v) is 7.57. The number of hydrogen-bond donors (Lipinski definition) is 2. The number of aryl methyl sites for hydroxylation is 1. The zero-order valence-electron chi connectivity index (χ0n) is 12.1. The highest BCUT2D eigenvalue weighted by atomic mass is 16.5. The van der Waals surface area contributed by atoms with E-state index in [4.69, 9.17) is 10.5 Å². The van der Waals surface area contributed by atoms with Crippen LogP contribution in [0.4, 0.5) is 0 Å². The van der Waals surface area contributed by atoms with E-state index in [9.17, 15) is 4.79 Å². The number of carbonyl (C=O) groups is 1. The van der Waals surface area contributed by atoms with Crippen molar-refractivity contribution in [1.82, 2.24) is 4.90 Å². The molecule has 3 atom stereocenters. The fourth-order valence-corrected chi connectivity index (χ4v) is 4.20. The van der Waals surface area contributed by atoms with Crippen LogP contribution in [0.15, 0.2) is 18.2 Å². The van der Waals surface area contributed by atoms with Gasteiger partial charge in [0.15, 0.2) is 0 Å². The van der Waals surface area contributed by atoms with Crippen LogP contribution in [-0.2, 0) is 11.2 Å². The van der Waals surface area contributed by atoms with E-state index in [0.29, 0.717) is 18.3 Å². The van der Waals surface area contributed by atoms with Gasteiger partial charge in [0, 0.05) is 12.3 Å². The Labute approximate surface area is 123 Å². The predicted molar refractivity (Wildman–Crippen MR) is 77.6 cm³/mol. The number of ether oxygens (including phenoxy) is 1. The van der Waals surface area contributed by atoms with Crippen molar-refractivity contribution < 1.29 is 14.5 Å². The number of nitrogens with one attached hydrogen (secondary N) is 1. The summed E-state index contributed by atoms with van der Waals surface area (Å²) < 4.78 is 5.32. The Morgan fingerprint density at radius 1 is 1.33 bits per heavy atom. The summed E-state index contributed by atoms with van der Waals surface area (Å²) in [5, 5.41) is 0. The molecular formula is C16H20N3O2+. The van der Waals surface area contributed by atoms with Gasteiger partial charge in [-0.15, -0.1) is 0 Å². The quantitative estimate of drug-likeness (QED) is 0.744. The number of methoxy groups -OCH3 is 1. The number of amides is 1. The number of hydrogen-bond acceptors (Lipinski definition) is 3. The first-order chi connectivity index (χ1) is 10.2. The van der Waals surface area contributed by atoms with Crippen molar-refractivity contribution in [1.29, 1.82) is 0 Å². The fourth-order valence-electron chi connectivity index (χ4n) is 4.20. The first-order valence-electron chi connectivity index (χ1n) is 7.57. The van der Waals surface area contributed by atoms with Crippen LogP contribution in [-0.4, -0.2) is 29.9 Å². The van der Waals surface area contributed by atoms with Gasteiger partial charge in [0.1, 0.15) is 11.8 Å². The zero-order chi connectivity index (χ0) is 14.6. The lowest BCUT2D eigenvalue weighted by molar-refractivity contribution is -0.538. The average Bonchev–Trinajstić information content (AvgIpc) is 2.89. The number of carbonyl (C=O) groups excluding carboxylic acids is 1. The number of nitrogens with zero attached hydrogens (tertiary/aromatic N) is 1. The Hall–Kier alpha value is -2.04. The van der Waals surface area contributed by atoms with Crippen LogP contribution in [0.25, 0.3) is 0 Å². The number of rotatable bonds is 1. The van der Waals surface area contributed by atoms with E-state index in [2.05, 4.69) is 17.1 Å². The molecule has 0 spiro atoms. The van der Waals surface area contributed by atoms with Crippen LogP contribution in [0.5, 0.6) is 5.75 Å². The molecule has 1 fully saturated rings. The Balaban J connectivity index is 1.78. The molecular weight excluding hydrogens is 266 g/mol. The molecule has 1 aliphatic carbocycles. The average molecular weight is 286 g/mol. The summed E-state index contributed by atoms with van der Waals surface area (Å²) in [6, 6.07) is 6.74. The van der Waals surface area contributed by atoms with Crippen LogP contribution in [0, 0.1) is 5.92 Å². The molecule has 5 heteroatoms. The third-order valence-corrected chi connectivity index (χ3v) is 5.17. The van der Waals surface area contributed by atoms with Gasteiger partial charge in [0.2, 0.25) is 0 Å². The summed E-state index contributed by atoms with van der Waals surface area (Å²) in [5.74, 6) is 2.03. The fraction of sp³-hybridized carbons (Fsp3) is 0.500. The van der Waals surface area contributed by atoms with Gasteiger partial charge in [0.05, 0.1) is 13.2 Å². The Kier molecular flexibility index (Phi) is 2.71. The van der Waals surface area contributed by atoms with Gasteiger partial charge in [-0.2, -0.15) is 4.90 Å². The number of nitrogens with two attached hydrogens (primary N) is 1. The molecule has 0 aromatic heterocycles. The maximum atomic E-state index is 12.0. The van der Waals surface area contributed by atoms with Crippen LogP contribution in [0.3, 0.4) is 0 Å². The normalized spacial score (nSPS) is 30.3. The summed E-state index contributed by atoms with van der Waals surface area (Å²) in [5.41, 5.74) is 8.74. The SMILES string of the molecule is COc1ccc2c(c1)CCC1C2[NH+]=C(N)N2C(=O)CCC12. The lowest BCUT2D eigenvalue weighted by atomic mass is 9.75. The molecule has 1 aromatic carbocycles. The van der Waals surface area contributed by atoms with Crippen LogP contribution >= 0.6 is 0 Å². The van der Waals surface area contributed by atoms with Crippen molar-refractivity contribution >= 4 is 11.9 Å². The second-order valence-corrected chi connectivity index (χ2v) is 6.14. The molecule has 3 unspecified atom stereocenters. The molecule has 2 heterocycles. The molecule has 3 aliphatic rings. The van der Waals surface area contributed by atoms with Gasteiger partial charge in [-0.3, -0.25) is 15.5 Å². The highest BCUT2D eigenvalue weighted by Crippen LogP contribution is 2.41. The molecule has 1 saturated heterocycles. The first kappa shape index (κ1) is 12.7. The second-order valence-electron chi connectivity index (χ2n) is 6.14. The third kappa shape index (κ3) is 1.76. The van der Waals surface area contributed by atoms with Crippen molar-refractivity contribution in [3.63, 3.8) is 0 Å². The van der Waals surface area contributed by atoms with E-state index < -0.39 is 0 Å². The van der Waals surface area contributed by atoms with Crippen molar-refractivity contribution in [2.75, 3.05) is 7.11 Å². The van der Waals surface area contributed by atoms with Crippen molar-refractivity contribution in [2.45, 2.75) is 37.8 Å². The summed E-state index contributed by atoms with van der Waals surface area (Å²) >= 11 is 0. The summed E-state index contributed by atoms with van der Waals surface area (Å²) in [6.45, 7) is 0. The highest BCUT2D eigenvalue weighted by Gasteiger charge is 2.51. The lowest BCUT2D eigenvalue weighted by Gasteiger charge is -2.39. The topological polar surface area (TPSA) is 69.5 Å². The minimum atomic E-state index is 0.156. The second kappa shape index (κ2) is 4.48. The van der Waals surface area contributed by atoms with Crippen molar-refractivity contribution in [3.8, 4) is 5.75 Å². The summed E-state index contributed by atoms with van der Waals surface area (Å²) in [7, 11) is 1.69. The smallest absolute Gasteiger partial charge is 0.351 e. The minimum Gasteiger partial charge on any atom is -0.497 e. The van der Waals surface area contributed by atoms with Gasteiger partial charge >= 0.3 is 5.96 Å². The van der Waals surface area contributed by atoms with Crippen LogP contribution in [0.2, 0.25) is 0 Å². The largest absolute Gasteiger partial charge is 0.497 e. The Morgan fingerprint density at radius 3 is 3.00 bits per heavy atom. The van der Waals surface area contributed by atoms with Crippen LogP contribution in [0.1, 0.15) is 36.4 Å².